The van der Waals surface area contributed by atoms with E-state index in [1.165, 1.54) is 10.4 Å². The molecule has 1 aliphatic heterocycles. The van der Waals surface area contributed by atoms with Crippen molar-refractivity contribution < 1.29 is 4.79 Å². The van der Waals surface area contributed by atoms with E-state index in [2.05, 4.69) is 27.0 Å². The van der Waals surface area contributed by atoms with Crippen LogP contribution in [0.15, 0.2) is 17.6 Å². The third-order valence-electron chi connectivity index (χ3n) is 3.80. The number of carbonyl (C=O) groups is 1. The molecule has 21 heavy (non-hydrogen) atoms. The number of nitrogens with zero attached hydrogens (tertiary/aromatic N) is 3. The van der Waals surface area contributed by atoms with Crippen LogP contribution >= 0.6 is 11.3 Å². The van der Waals surface area contributed by atoms with Crippen LogP contribution in [0.1, 0.15) is 39.8 Å². The predicted octanol–water partition coefficient (Wildman–Crippen LogP) is 1.50. The van der Waals surface area contributed by atoms with Gasteiger partial charge in [-0.3, -0.25) is 4.79 Å². The molecule has 1 saturated heterocycles. The number of piperidine rings is 1. The minimum absolute atomic E-state index is 0.164. The van der Waals surface area contributed by atoms with E-state index in [1.54, 1.807) is 17.5 Å². The van der Waals surface area contributed by atoms with Crippen molar-refractivity contribution in [1.29, 1.82) is 0 Å². The van der Waals surface area contributed by atoms with E-state index in [0.29, 0.717) is 18.3 Å². The summed E-state index contributed by atoms with van der Waals surface area (Å²) in [6.07, 6.45) is 3.81. The number of nitrogens with one attached hydrogen (secondary N) is 2. The molecule has 1 amide bonds. The van der Waals surface area contributed by atoms with Crippen LogP contribution in [0.4, 0.5) is 0 Å². The van der Waals surface area contributed by atoms with Crippen molar-refractivity contribution in [3.05, 3.63) is 33.8 Å². The first-order chi connectivity index (χ1) is 10.2. The Balaban J connectivity index is 1.60. The zero-order valence-corrected chi connectivity index (χ0v) is 12.8. The highest BCUT2D eigenvalue weighted by Crippen LogP contribution is 2.17. The molecule has 0 aromatic carbocycles. The lowest BCUT2D eigenvalue weighted by atomic mass is 10.1. The fraction of sp³-hybridized carbons (Fsp3) is 0.500. The van der Waals surface area contributed by atoms with Crippen LogP contribution in [0.2, 0.25) is 0 Å². The highest BCUT2D eigenvalue weighted by atomic mass is 32.1. The van der Waals surface area contributed by atoms with Crippen molar-refractivity contribution in [3.63, 3.8) is 0 Å². The fourth-order valence-electron chi connectivity index (χ4n) is 2.47. The molecular weight excluding hydrogens is 286 g/mol. The normalized spacial score (nSPS) is 16.0. The van der Waals surface area contributed by atoms with Gasteiger partial charge in [-0.15, -0.1) is 16.4 Å². The lowest BCUT2D eigenvalue weighted by Crippen LogP contribution is -2.29. The number of hydrogen-bond donors (Lipinski definition) is 2. The molecule has 2 N–H and O–H groups in total. The molecule has 3 heterocycles. The molecule has 0 spiro atoms. The van der Waals surface area contributed by atoms with Crippen molar-refractivity contribution in [2.45, 2.75) is 32.4 Å². The molecule has 3 rings (SSSR count). The Morgan fingerprint density at radius 1 is 1.52 bits per heavy atom. The number of carbonyl (C=O) groups excluding carboxylic acids is 1. The topological polar surface area (TPSA) is 71.8 Å². The molecule has 0 bridgehead atoms. The number of amides is 1. The van der Waals surface area contributed by atoms with Gasteiger partial charge in [0, 0.05) is 4.88 Å². The number of rotatable bonds is 4. The van der Waals surface area contributed by atoms with Crippen LogP contribution in [0.3, 0.4) is 0 Å². The average molecular weight is 305 g/mol. The summed E-state index contributed by atoms with van der Waals surface area (Å²) in [5.74, 6) is -0.164. The molecule has 6 nitrogen and oxygen atoms in total. The number of aromatic nitrogens is 3. The van der Waals surface area contributed by atoms with Crippen LogP contribution in [-0.4, -0.2) is 34.0 Å². The molecular formula is C14H19N5OS. The Morgan fingerprint density at radius 3 is 3.05 bits per heavy atom. The second-order valence-electron chi connectivity index (χ2n) is 5.27. The smallest absolute Gasteiger partial charge is 0.273 e. The van der Waals surface area contributed by atoms with E-state index in [0.717, 1.165) is 25.9 Å². The third kappa shape index (κ3) is 3.30. The first kappa shape index (κ1) is 14.2. The van der Waals surface area contributed by atoms with Gasteiger partial charge in [-0.05, 0) is 49.9 Å². The third-order valence-corrected chi connectivity index (χ3v) is 4.83. The van der Waals surface area contributed by atoms with Gasteiger partial charge in [0.25, 0.3) is 5.91 Å². The van der Waals surface area contributed by atoms with Crippen molar-refractivity contribution >= 4 is 17.2 Å². The molecule has 0 saturated carbocycles. The first-order valence-electron chi connectivity index (χ1n) is 7.18. The van der Waals surface area contributed by atoms with Gasteiger partial charge < -0.3 is 10.6 Å². The number of thiophene rings is 1. The first-order valence-corrected chi connectivity index (χ1v) is 8.06. The number of hydrogen-bond acceptors (Lipinski definition) is 5. The van der Waals surface area contributed by atoms with Crippen LogP contribution in [0.5, 0.6) is 0 Å². The summed E-state index contributed by atoms with van der Waals surface area (Å²) < 4.78 is 1.83. The summed E-state index contributed by atoms with van der Waals surface area (Å²) in [5.41, 5.74) is 1.60. The molecule has 2 aromatic heterocycles. The molecule has 112 valence electrons. The minimum atomic E-state index is -0.164. The maximum atomic E-state index is 12.1. The summed E-state index contributed by atoms with van der Waals surface area (Å²) in [5, 5.41) is 16.4. The Labute approximate surface area is 127 Å². The maximum Gasteiger partial charge on any atom is 0.273 e. The summed E-state index contributed by atoms with van der Waals surface area (Å²) >= 11 is 1.65. The molecule has 0 radical (unpaired) electrons. The SMILES string of the molecule is Cc1ccsc1CNC(=O)c1cn(C2CCNCC2)nn1. The van der Waals surface area contributed by atoms with E-state index in [4.69, 9.17) is 0 Å². The molecule has 0 unspecified atom stereocenters. The lowest BCUT2D eigenvalue weighted by molar-refractivity contribution is 0.0946. The van der Waals surface area contributed by atoms with Crippen LogP contribution in [0, 0.1) is 6.92 Å². The Hall–Kier alpha value is -1.73. The fourth-order valence-corrected chi connectivity index (χ4v) is 3.31. The zero-order chi connectivity index (χ0) is 14.7. The van der Waals surface area contributed by atoms with Gasteiger partial charge in [-0.2, -0.15) is 0 Å². The van der Waals surface area contributed by atoms with Gasteiger partial charge in [0.1, 0.15) is 0 Å². The summed E-state index contributed by atoms with van der Waals surface area (Å²) in [6.45, 7) is 4.57. The second kappa shape index (κ2) is 6.36. The largest absolute Gasteiger partial charge is 0.346 e. The Morgan fingerprint density at radius 2 is 2.33 bits per heavy atom. The van der Waals surface area contributed by atoms with E-state index in [-0.39, 0.29) is 5.91 Å². The van der Waals surface area contributed by atoms with E-state index >= 15 is 0 Å². The van der Waals surface area contributed by atoms with Gasteiger partial charge >= 0.3 is 0 Å². The predicted molar refractivity (Wildman–Crippen MR) is 81.4 cm³/mol. The van der Waals surface area contributed by atoms with Crippen molar-refractivity contribution in [3.8, 4) is 0 Å². The summed E-state index contributed by atoms with van der Waals surface area (Å²) in [7, 11) is 0. The van der Waals surface area contributed by atoms with Crippen molar-refractivity contribution in [2.75, 3.05) is 13.1 Å². The monoisotopic (exact) mass is 305 g/mol. The van der Waals surface area contributed by atoms with Crippen LogP contribution < -0.4 is 10.6 Å². The minimum Gasteiger partial charge on any atom is -0.346 e. The number of aryl methyl sites for hydroxylation is 1. The van der Waals surface area contributed by atoms with Crippen molar-refractivity contribution in [1.82, 2.24) is 25.6 Å². The van der Waals surface area contributed by atoms with Crippen LogP contribution in [-0.2, 0) is 6.54 Å². The van der Waals surface area contributed by atoms with Gasteiger partial charge in [-0.1, -0.05) is 5.21 Å². The zero-order valence-electron chi connectivity index (χ0n) is 12.0. The molecule has 1 aliphatic rings. The molecule has 2 aromatic rings. The lowest BCUT2D eigenvalue weighted by Gasteiger charge is -2.22. The van der Waals surface area contributed by atoms with Gasteiger partial charge in [0.15, 0.2) is 5.69 Å². The van der Waals surface area contributed by atoms with E-state index in [9.17, 15) is 4.79 Å². The molecule has 7 heteroatoms. The standard InChI is InChI=1S/C14H19N5OS/c1-10-4-7-21-13(10)8-16-14(20)12-9-19(18-17-12)11-2-5-15-6-3-11/h4,7,9,11,15H,2-3,5-6,8H2,1H3,(H,16,20). The Kier molecular flexibility index (Phi) is 4.31. The van der Waals surface area contributed by atoms with Gasteiger partial charge in [0.2, 0.25) is 0 Å². The van der Waals surface area contributed by atoms with Gasteiger partial charge in [0.05, 0.1) is 18.8 Å². The molecule has 0 aliphatic carbocycles. The quantitative estimate of drug-likeness (QED) is 0.898. The summed E-state index contributed by atoms with van der Waals surface area (Å²) in [4.78, 5) is 13.3. The molecule has 1 fully saturated rings. The highest BCUT2D eigenvalue weighted by Gasteiger charge is 2.18. The maximum absolute atomic E-state index is 12.1. The highest BCUT2D eigenvalue weighted by molar-refractivity contribution is 7.10. The summed E-state index contributed by atoms with van der Waals surface area (Å²) in [6, 6.07) is 2.40. The molecule has 0 atom stereocenters. The van der Waals surface area contributed by atoms with E-state index in [1.807, 2.05) is 17.0 Å². The average Bonchev–Trinajstić information content (AvgIpc) is 3.15. The van der Waals surface area contributed by atoms with Crippen molar-refractivity contribution in [2.24, 2.45) is 0 Å². The second-order valence-corrected chi connectivity index (χ2v) is 6.28. The van der Waals surface area contributed by atoms with Crippen LogP contribution in [0.25, 0.3) is 0 Å². The van der Waals surface area contributed by atoms with Gasteiger partial charge in [-0.25, -0.2) is 4.68 Å². The van der Waals surface area contributed by atoms with E-state index < -0.39 is 0 Å². The Bertz CT molecular complexity index is 614.